The summed E-state index contributed by atoms with van der Waals surface area (Å²) in [5.74, 6) is -0.659. The number of aryl methyl sites for hydroxylation is 1. The van der Waals surface area contributed by atoms with E-state index in [1.165, 1.54) is 6.92 Å². The number of carboxylic acid groups (broad SMARTS) is 1. The first-order chi connectivity index (χ1) is 12.9. The predicted octanol–water partition coefficient (Wildman–Crippen LogP) is 3.02. The second-order valence-corrected chi connectivity index (χ2v) is 7.18. The summed E-state index contributed by atoms with van der Waals surface area (Å²) in [5.41, 5.74) is 2.27. The van der Waals surface area contributed by atoms with Gasteiger partial charge in [-0.1, -0.05) is 18.2 Å². The summed E-state index contributed by atoms with van der Waals surface area (Å²) in [5, 5.41) is 9.32. The third kappa shape index (κ3) is 4.10. The lowest BCUT2D eigenvalue weighted by molar-refractivity contribution is 0.0681. The van der Waals surface area contributed by atoms with E-state index in [9.17, 15) is 19.5 Å². The molecule has 3 rings (SSSR count). The Morgan fingerprint density at radius 3 is 2.41 bits per heavy atom. The molecule has 1 fully saturated rings. The lowest BCUT2D eigenvalue weighted by Crippen LogP contribution is -2.39. The predicted molar refractivity (Wildman–Crippen MR) is 101 cm³/mol. The average Bonchev–Trinajstić information content (AvgIpc) is 3.04. The molecule has 1 aromatic heterocycles. The van der Waals surface area contributed by atoms with Crippen LogP contribution in [-0.2, 0) is 13.5 Å². The molecule has 1 aliphatic rings. The summed E-state index contributed by atoms with van der Waals surface area (Å²) in [7, 11) is 1.77. The molecule has 1 N–H and O–H groups in total. The van der Waals surface area contributed by atoms with Crippen LogP contribution in [0.3, 0.4) is 0 Å². The van der Waals surface area contributed by atoms with Gasteiger partial charge in [0, 0.05) is 31.9 Å². The van der Waals surface area contributed by atoms with Crippen LogP contribution in [0.4, 0.5) is 0 Å². The van der Waals surface area contributed by atoms with Crippen molar-refractivity contribution in [1.82, 2.24) is 9.47 Å². The number of benzene rings is 1. The lowest BCUT2D eigenvalue weighted by Gasteiger charge is -2.32. The Kier molecular flexibility index (Phi) is 5.44. The zero-order chi connectivity index (χ0) is 19.6. The molecule has 0 aliphatic carbocycles. The van der Waals surface area contributed by atoms with Gasteiger partial charge in [0.1, 0.15) is 5.69 Å². The third-order valence-electron chi connectivity index (χ3n) is 5.29. The molecule has 1 aliphatic heterocycles. The minimum Gasteiger partial charge on any atom is -0.478 e. The fourth-order valence-electron chi connectivity index (χ4n) is 3.69. The molecule has 6 nitrogen and oxygen atoms in total. The number of Topliss-reactive ketones (excluding diaryl/α,β-unsaturated/α-hetero) is 1. The van der Waals surface area contributed by atoms with Gasteiger partial charge >= 0.3 is 5.97 Å². The van der Waals surface area contributed by atoms with Crippen LogP contribution in [0.15, 0.2) is 36.5 Å². The van der Waals surface area contributed by atoms with Gasteiger partial charge in [-0.05, 0) is 49.8 Å². The molecule has 2 heterocycles. The van der Waals surface area contributed by atoms with Crippen molar-refractivity contribution >= 4 is 17.7 Å². The first-order valence-electron chi connectivity index (χ1n) is 9.14. The second-order valence-electron chi connectivity index (χ2n) is 7.18. The monoisotopic (exact) mass is 368 g/mol. The van der Waals surface area contributed by atoms with Crippen molar-refractivity contribution in [3.05, 3.63) is 58.9 Å². The molecule has 27 heavy (non-hydrogen) atoms. The molecule has 1 aromatic carbocycles. The molecule has 0 saturated carbocycles. The Morgan fingerprint density at radius 2 is 1.81 bits per heavy atom. The van der Waals surface area contributed by atoms with Gasteiger partial charge in [0.25, 0.3) is 5.91 Å². The summed E-state index contributed by atoms with van der Waals surface area (Å²) in [6.07, 6.45) is 4.07. The number of ketones is 1. The highest BCUT2D eigenvalue weighted by Gasteiger charge is 2.26. The first-order valence-corrected chi connectivity index (χ1v) is 9.14. The number of piperidine rings is 1. The Balaban J connectivity index is 1.63. The number of aromatic nitrogens is 1. The highest BCUT2D eigenvalue weighted by Crippen LogP contribution is 2.25. The summed E-state index contributed by atoms with van der Waals surface area (Å²) < 4.78 is 1.70. The molecule has 0 unspecified atom stereocenters. The Labute approximate surface area is 158 Å². The van der Waals surface area contributed by atoms with Gasteiger partial charge < -0.3 is 14.6 Å². The molecule has 0 radical (unpaired) electrons. The van der Waals surface area contributed by atoms with Crippen LogP contribution in [0.25, 0.3) is 0 Å². The molecule has 1 amide bonds. The Bertz CT molecular complexity index is 876. The number of aromatic carboxylic acids is 1. The topological polar surface area (TPSA) is 79.6 Å². The van der Waals surface area contributed by atoms with Crippen molar-refractivity contribution in [2.75, 3.05) is 13.1 Å². The number of nitrogens with zero attached hydrogens (tertiary/aromatic N) is 2. The largest absolute Gasteiger partial charge is 0.478 e. The van der Waals surface area contributed by atoms with Crippen molar-refractivity contribution in [2.24, 2.45) is 13.0 Å². The number of hydrogen-bond donors (Lipinski definition) is 1. The zero-order valence-corrected chi connectivity index (χ0v) is 15.6. The smallest absolute Gasteiger partial charge is 0.335 e. The van der Waals surface area contributed by atoms with Crippen molar-refractivity contribution in [3.8, 4) is 0 Å². The average molecular weight is 368 g/mol. The fraction of sp³-hybridized carbons (Fsp3) is 0.381. The van der Waals surface area contributed by atoms with Crippen LogP contribution < -0.4 is 0 Å². The van der Waals surface area contributed by atoms with E-state index in [-0.39, 0.29) is 11.7 Å². The highest BCUT2D eigenvalue weighted by molar-refractivity contribution is 5.99. The quantitative estimate of drug-likeness (QED) is 0.823. The van der Waals surface area contributed by atoms with Gasteiger partial charge in [0.15, 0.2) is 5.78 Å². The van der Waals surface area contributed by atoms with Crippen molar-refractivity contribution in [3.63, 3.8) is 0 Å². The van der Waals surface area contributed by atoms with E-state index < -0.39 is 5.97 Å². The summed E-state index contributed by atoms with van der Waals surface area (Å²) in [6, 6.07) is 8.76. The van der Waals surface area contributed by atoms with E-state index in [0.717, 1.165) is 18.4 Å². The number of rotatable bonds is 5. The van der Waals surface area contributed by atoms with Crippen LogP contribution in [0.5, 0.6) is 0 Å². The third-order valence-corrected chi connectivity index (χ3v) is 5.29. The number of likely N-dealkylation sites (tertiary alicyclic amines) is 1. The maximum atomic E-state index is 12.8. The van der Waals surface area contributed by atoms with E-state index in [4.69, 9.17) is 0 Å². The number of carboxylic acids is 1. The summed E-state index contributed by atoms with van der Waals surface area (Å²) >= 11 is 0. The Hall–Kier alpha value is -2.89. The summed E-state index contributed by atoms with van der Waals surface area (Å²) in [4.78, 5) is 37.5. The van der Waals surface area contributed by atoms with Crippen LogP contribution in [0.2, 0.25) is 0 Å². The molecule has 142 valence electrons. The molecule has 1 saturated heterocycles. The van der Waals surface area contributed by atoms with E-state index in [1.54, 1.807) is 36.0 Å². The van der Waals surface area contributed by atoms with E-state index in [1.807, 2.05) is 17.0 Å². The standard InChI is InChI=1S/C21H24N2O4/c1-14(24)17-12-19(22(2)13-17)20(25)23-9-7-15(8-10-23)11-16-5-3-4-6-18(16)21(26)27/h3-6,12-13,15H,7-11H2,1-2H3,(H,26,27). The Morgan fingerprint density at radius 1 is 1.15 bits per heavy atom. The molecule has 0 bridgehead atoms. The van der Waals surface area contributed by atoms with Crippen LogP contribution >= 0.6 is 0 Å². The minimum atomic E-state index is -0.900. The molecule has 6 heteroatoms. The molecular formula is C21H24N2O4. The SMILES string of the molecule is CC(=O)c1cc(C(=O)N2CCC(Cc3ccccc3C(=O)O)CC2)n(C)c1. The zero-order valence-electron chi connectivity index (χ0n) is 15.6. The van der Waals surface area contributed by atoms with Crippen molar-refractivity contribution in [1.29, 1.82) is 0 Å². The van der Waals surface area contributed by atoms with Crippen LogP contribution in [0, 0.1) is 5.92 Å². The van der Waals surface area contributed by atoms with Crippen LogP contribution in [0.1, 0.15) is 56.5 Å². The van der Waals surface area contributed by atoms with Gasteiger partial charge in [-0.3, -0.25) is 9.59 Å². The minimum absolute atomic E-state index is 0.0551. The van der Waals surface area contributed by atoms with Gasteiger partial charge in [-0.2, -0.15) is 0 Å². The van der Waals surface area contributed by atoms with Crippen molar-refractivity contribution in [2.45, 2.75) is 26.2 Å². The van der Waals surface area contributed by atoms with Crippen LogP contribution in [-0.4, -0.2) is 45.3 Å². The number of amides is 1. The first kappa shape index (κ1) is 18.9. The maximum absolute atomic E-state index is 12.8. The van der Waals surface area contributed by atoms with E-state index >= 15 is 0 Å². The number of hydrogen-bond acceptors (Lipinski definition) is 3. The molecule has 2 aromatic rings. The summed E-state index contributed by atoms with van der Waals surface area (Å²) in [6.45, 7) is 2.77. The molecule has 0 spiro atoms. The number of carbonyl (C=O) groups is 3. The maximum Gasteiger partial charge on any atom is 0.335 e. The van der Waals surface area contributed by atoms with Gasteiger partial charge in [0.2, 0.25) is 0 Å². The van der Waals surface area contributed by atoms with Crippen molar-refractivity contribution < 1.29 is 19.5 Å². The normalized spacial score (nSPS) is 15.0. The van der Waals surface area contributed by atoms with Gasteiger partial charge in [-0.25, -0.2) is 4.79 Å². The van der Waals surface area contributed by atoms with E-state index in [2.05, 4.69) is 0 Å². The lowest BCUT2D eigenvalue weighted by atomic mass is 9.88. The molecule has 0 atom stereocenters. The van der Waals surface area contributed by atoms with E-state index in [0.29, 0.717) is 42.2 Å². The highest BCUT2D eigenvalue weighted by atomic mass is 16.4. The second kappa shape index (κ2) is 7.78. The van der Waals surface area contributed by atoms with Gasteiger partial charge in [-0.15, -0.1) is 0 Å². The fourth-order valence-corrected chi connectivity index (χ4v) is 3.69. The van der Waals surface area contributed by atoms with Gasteiger partial charge in [0.05, 0.1) is 5.56 Å². The molecular weight excluding hydrogens is 344 g/mol. The number of carbonyl (C=O) groups excluding carboxylic acids is 2.